The number of morpholine rings is 1. The summed E-state index contributed by atoms with van der Waals surface area (Å²) in [5.74, 6) is 0.798. The molecule has 0 radical (unpaired) electrons. The Bertz CT molecular complexity index is 671. The Morgan fingerprint density at radius 1 is 1.41 bits per heavy atom. The van der Waals surface area contributed by atoms with E-state index in [-0.39, 0.29) is 12.0 Å². The van der Waals surface area contributed by atoms with Gasteiger partial charge >= 0.3 is 0 Å². The zero-order valence-corrected chi connectivity index (χ0v) is 13.6. The molecule has 3 heterocycles. The van der Waals surface area contributed by atoms with Gasteiger partial charge in [0.15, 0.2) is 5.82 Å². The number of thiophene rings is 1. The second-order valence-electron chi connectivity index (χ2n) is 5.44. The van der Waals surface area contributed by atoms with Gasteiger partial charge in [0, 0.05) is 28.2 Å². The van der Waals surface area contributed by atoms with Crippen LogP contribution >= 0.6 is 11.3 Å². The minimum atomic E-state index is -0.234. The summed E-state index contributed by atoms with van der Waals surface area (Å²) in [6.45, 7) is 5.66. The highest BCUT2D eigenvalue weighted by Gasteiger charge is 2.27. The van der Waals surface area contributed by atoms with Crippen LogP contribution in [0.25, 0.3) is 0 Å². The van der Waals surface area contributed by atoms with E-state index in [4.69, 9.17) is 4.74 Å². The summed E-state index contributed by atoms with van der Waals surface area (Å²) >= 11 is 1.68. The smallest absolute Gasteiger partial charge is 0.228 e. The summed E-state index contributed by atoms with van der Waals surface area (Å²) in [5.41, 5.74) is 0.908. The maximum atomic E-state index is 12.5. The lowest BCUT2D eigenvalue weighted by molar-refractivity contribution is -0.138. The van der Waals surface area contributed by atoms with Crippen LogP contribution in [0.15, 0.2) is 24.4 Å². The summed E-state index contributed by atoms with van der Waals surface area (Å²) in [6.07, 6.45) is 1.96. The molecule has 0 N–H and O–H groups in total. The second-order valence-corrected chi connectivity index (χ2v) is 6.82. The molecule has 6 heteroatoms. The van der Waals surface area contributed by atoms with Gasteiger partial charge in [0.1, 0.15) is 6.10 Å². The first kappa shape index (κ1) is 15.1. The Labute approximate surface area is 134 Å². The predicted octanol–water partition coefficient (Wildman–Crippen LogP) is 2.30. The van der Waals surface area contributed by atoms with Gasteiger partial charge in [-0.2, -0.15) is 0 Å². The van der Waals surface area contributed by atoms with Gasteiger partial charge in [-0.25, -0.2) is 9.97 Å². The van der Waals surface area contributed by atoms with Crippen molar-refractivity contribution in [1.82, 2.24) is 14.9 Å². The fourth-order valence-electron chi connectivity index (χ4n) is 2.50. The molecule has 0 unspecified atom stereocenters. The van der Waals surface area contributed by atoms with Crippen LogP contribution in [0.2, 0.25) is 0 Å². The number of carbonyl (C=O) groups is 1. The van der Waals surface area contributed by atoms with Gasteiger partial charge in [-0.15, -0.1) is 11.3 Å². The molecule has 0 spiro atoms. The summed E-state index contributed by atoms with van der Waals surface area (Å²) < 4.78 is 5.74. The average Bonchev–Trinajstić information content (AvgIpc) is 2.92. The third-order valence-corrected chi connectivity index (χ3v) is 4.64. The van der Waals surface area contributed by atoms with Crippen LogP contribution < -0.4 is 0 Å². The number of nitrogens with zero attached hydrogens (tertiary/aromatic N) is 3. The standard InChI is InChI=1S/C16H19N3O2S/c1-11-5-6-17-16(18-11)14-10-19(7-8-21-14)15(20)9-13-4-3-12(2)22-13/h3-6,14H,7-10H2,1-2H3/t14-/m1/s1. The highest BCUT2D eigenvalue weighted by atomic mass is 32.1. The maximum Gasteiger partial charge on any atom is 0.228 e. The van der Waals surface area contributed by atoms with E-state index in [2.05, 4.69) is 23.0 Å². The average molecular weight is 317 g/mol. The molecule has 1 aliphatic heterocycles. The van der Waals surface area contributed by atoms with Gasteiger partial charge in [-0.1, -0.05) is 0 Å². The Morgan fingerprint density at radius 2 is 2.27 bits per heavy atom. The van der Waals surface area contributed by atoms with Crippen LogP contribution in [-0.4, -0.2) is 40.5 Å². The van der Waals surface area contributed by atoms with Gasteiger partial charge in [-0.3, -0.25) is 4.79 Å². The zero-order chi connectivity index (χ0) is 15.5. The lowest BCUT2D eigenvalue weighted by Crippen LogP contribution is -2.43. The van der Waals surface area contributed by atoms with E-state index in [0.717, 1.165) is 10.6 Å². The van der Waals surface area contributed by atoms with E-state index in [1.165, 1.54) is 4.88 Å². The number of rotatable bonds is 3. The van der Waals surface area contributed by atoms with Crippen LogP contribution in [0.3, 0.4) is 0 Å². The molecule has 0 saturated carbocycles. The molecule has 1 atom stereocenters. The molecule has 5 nitrogen and oxygen atoms in total. The molecule has 22 heavy (non-hydrogen) atoms. The van der Waals surface area contributed by atoms with Crippen molar-refractivity contribution in [2.45, 2.75) is 26.4 Å². The Kier molecular flexibility index (Phi) is 4.49. The number of hydrogen-bond donors (Lipinski definition) is 0. The minimum absolute atomic E-state index is 0.141. The molecule has 1 amide bonds. The largest absolute Gasteiger partial charge is 0.367 e. The number of aryl methyl sites for hydroxylation is 2. The number of carbonyl (C=O) groups excluding carboxylic acids is 1. The molecular formula is C16H19N3O2S. The van der Waals surface area contributed by atoms with Crippen molar-refractivity contribution < 1.29 is 9.53 Å². The summed E-state index contributed by atoms with van der Waals surface area (Å²) in [4.78, 5) is 25.3. The number of aromatic nitrogens is 2. The number of ether oxygens (including phenoxy) is 1. The van der Waals surface area contributed by atoms with Crippen LogP contribution in [-0.2, 0) is 16.0 Å². The van der Waals surface area contributed by atoms with Gasteiger partial charge in [0.2, 0.25) is 5.91 Å². The summed E-state index contributed by atoms with van der Waals surface area (Å²) in [6, 6.07) is 5.93. The van der Waals surface area contributed by atoms with Gasteiger partial charge in [-0.05, 0) is 32.0 Å². The normalized spacial score (nSPS) is 18.5. The van der Waals surface area contributed by atoms with E-state index in [1.807, 2.05) is 24.0 Å². The summed E-state index contributed by atoms with van der Waals surface area (Å²) in [7, 11) is 0. The van der Waals surface area contributed by atoms with Crippen molar-refractivity contribution in [3.63, 3.8) is 0 Å². The van der Waals surface area contributed by atoms with E-state index in [0.29, 0.717) is 31.9 Å². The molecule has 1 fully saturated rings. The molecule has 0 bridgehead atoms. The quantitative estimate of drug-likeness (QED) is 0.871. The Hall–Kier alpha value is -1.79. The van der Waals surface area contributed by atoms with Crippen molar-refractivity contribution in [2.24, 2.45) is 0 Å². The molecule has 2 aromatic heterocycles. The fourth-order valence-corrected chi connectivity index (χ4v) is 3.38. The van der Waals surface area contributed by atoms with E-state index in [1.54, 1.807) is 17.5 Å². The molecule has 3 rings (SSSR count). The van der Waals surface area contributed by atoms with Crippen LogP contribution in [0, 0.1) is 13.8 Å². The highest BCUT2D eigenvalue weighted by molar-refractivity contribution is 7.12. The van der Waals surface area contributed by atoms with Crippen molar-refractivity contribution in [3.8, 4) is 0 Å². The minimum Gasteiger partial charge on any atom is -0.367 e. The molecule has 1 aliphatic rings. The Balaban J connectivity index is 1.66. The van der Waals surface area contributed by atoms with Crippen molar-refractivity contribution in [3.05, 3.63) is 45.7 Å². The van der Waals surface area contributed by atoms with Crippen molar-refractivity contribution in [1.29, 1.82) is 0 Å². The monoisotopic (exact) mass is 317 g/mol. The van der Waals surface area contributed by atoms with Crippen molar-refractivity contribution in [2.75, 3.05) is 19.7 Å². The molecule has 2 aromatic rings. The van der Waals surface area contributed by atoms with Crippen molar-refractivity contribution >= 4 is 17.2 Å². The van der Waals surface area contributed by atoms with E-state index in [9.17, 15) is 4.79 Å². The fraction of sp³-hybridized carbons (Fsp3) is 0.438. The first-order chi connectivity index (χ1) is 10.6. The topological polar surface area (TPSA) is 55.3 Å². The third kappa shape index (κ3) is 3.51. The van der Waals surface area contributed by atoms with Crippen LogP contribution in [0.4, 0.5) is 0 Å². The second kappa shape index (κ2) is 6.54. The molecule has 1 saturated heterocycles. The van der Waals surface area contributed by atoms with Gasteiger partial charge in [0.25, 0.3) is 0 Å². The van der Waals surface area contributed by atoms with Gasteiger partial charge in [0.05, 0.1) is 19.6 Å². The third-order valence-electron chi connectivity index (χ3n) is 3.64. The summed E-state index contributed by atoms with van der Waals surface area (Å²) in [5, 5.41) is 0. The molecular weight excluding hydrogens is 298 g/mol. The van der Waals surface area contributed by atoms with Crippen LogP contribution in [0.5, 0.6) is 0 Å². The molecule has 0 aromatic carbocycles. The highest BCUT2D eigenvalue weighted by Crippen LogP contribution is 2.21. The lowest BCUT2D eigenvalue weighted by Gasteiger charge is -2.32. The predicted molar refractivity (Wildman–Crippen MR) is 84.8 cm³/mol. The van der Waals surface area contributed by atoms with Gasteiger partial charge < -0.3 is 9.64 Å². The van der Waals surface area contributed by atoms with E-state index >= 15 is 0 Å². The zero-order valence-electron chi connectivity index (χ0n) is 12.8. The van der Waals surface area contributed by atoms with Crippen LogP contribution in [0.1, 0.15) is 27.4 Å². The van der Waals surface area contributed by atoms with E-state index < -0.39 is 0 Å². The number of amides is 1. The molecule has 0 aliphatic carbocycles. The SMILES string of the molecule is Cc1ccnc([C@H]2CN(C(=O)Cc3ccc(C)s3)CCO2)n1. The Morgan fingerprint density at radius 3 is 3.00 bits per heavy atom. The molecule has 116 valence electrons. The first-order valence-electron chi connectivity index (χ1n) is 7.36. The lowest BCUT2D eigenvalue weighted by atomic mass is 10.2. The maximum absolute atomic E-state index is 12.5. The number of hydrogen-bond acceptors (Lipinski definition) is 5. The first-order valence-corrected chi connectivity index (χ1v) is 8.18.